The Morgan fingerprint density at radius 3 is 2.71 bits per heavy atom. The molecule has 92 valence electrons. The van der Waals surface area contributed by atoms with E-state index in [1.807, 2.05) is 25.1 Å². The minimum atomic E-state index is -0.496. The summed E-state index contributed by atoms with van der Waals surface area (Å²) >= 11 is 0. The number of hydrogen-bond donors (Lipinski definition) is 4. The maximum Gasteiger partial charge on any atom is 0.325 e. The highest BCUT2D eigenvalue weighted by molar-refractivity contribution is 6.01. The summed E-state index contributed by atoms with van der Waals surface area (Å²) in [5.41, 5.74) is 8.03. The van der Waals surface area contributed by atoms with Crippen molar-refractivity contribution in [2.75, 3.05) is 5.32 Å². The molecule has 0 heterocycles. The number of aryl methyl sites for hydroxylation is 2. The third kappa shape index (κ3) is 4.14. The molecule has 0 radical (unpaired) electrons. The van der Waals surface area contributed by atoms with Crippen molar-refractivity contribution in [3.8, 4) is 0 Å². The fraction of sp³-hybridized carbons (Fsp3) is 0.333. The van der Waals surface area contributed by atoms with Gasteiger partial charge in [-0.05, 0) is 30.5 Å². The molecule has 0 fully saturated rings. The molecule has 1 aromatic rings. The molecule has 0 aliphatic heterocycles. The number of nitrogens with two attached hydrogens (primary N) is 1. The van der Waals surface area contributed by atoms with E-state index in [9.17, 15) is 4.79 Å². The lowest BCUT2D eigenvalue weighted by molar-refractivity contribution is 0.256. The lowest BCUT2D eigenvalue weighted by atomic mass is 10.1. The minimum Gasteiger partial charge on any atom is -0.370 e. The first-order valence-corrected chi connectivity index (χ1v) is 5.54. The zero-order valence-corrected chi connectivity index (χ0v) is 10.1. The van der Waals surface area contributed by atoms with Gasteiger partial charge in [0.05, 0.1) is 0 Å². The molecule has 0 spiro atoms. The van der Waals surface area contributed by atoms with Crippen molar-refractivity contribution in [3.05, 3.63) is 29.3 Å². The highest BCUT2D eigenvalue weighted by Gasteiger charge is 2.05. The van der Waals surface area contributed by atoms with Gasteiger partial charge in [-0.15, -0.1) is 0 Å². The molecular weight excluding hydrogens is 216 g/mol. The van der Waals surface area contributed by atoms with Crippen LogP contribution in [-0.2, 0) is 6.42 Å². The number of carbonyl (C=O) groups excluding carboxylic acids is 1. The van der Waals surface area contributed by atoms with Crippen LogP contribution >= 0.6 is 0 Å². The second kappa shape index (κ2) is 5.89. The first-order valence-electron chi connectivity index (χ1n) is 5.54. The number of benzene rings is 1. The van der Waals surface area contributed by atoms with Gasteiger partial charge in [-0.1, -0.05) is 25.5 Å². The van der Waals surface area contributed by atoms with Gasteiger partial charge in [0, 0.05) is 5.69 Å². The number of carbonyl (C=O) groups is 1. The van der Waals surface area contributed by atoms with Crippen molar-refractivity contribution in [1.82, 2.24) is 5.32 Å². The van der Waals surface area contributed by atoms with Crippen LogP contribution in [0.2, 0.25) is 0 Å². The summed E-state index contributed by atoms with van der Waals surface area (Å²) < 4.78 is 0. The molecule has 0 unspecified atom stereocenters. The fourth-order valence-corrected chi connectivity index (χ4v) is 1.59. The van der Waals surface area contributed by atoms with Gasteiger partial charge in [0.25, 0.3) is 0 Å². The summed E-state index contributed by atoms with van der Waals surface area (Å²) in [6.07, 6.45) is 2.12. The van der Waals surface area contributed by atoms with Crippen molar-refractivity contribution < 1.29 is 4.79 Å². The average molecular weight is 234 g/mol. The molecule has 1 aromatic carbocycles. The van der Waals surface area contributed by atoms with Crippen LogP contribution in [0.15, 0.2) is 18.2 Å². The quantitative estimate of drug-likeness (QED) is 0.475. The first-order chi connectivity index (χ1) is 8.02. The van der Waals surface area contributed by atoms with Crippen LogP contribution in [0.4, 0.5) is 10.5 Å². The number of urea groups is 1. The first kappa shape index (κ1) is 13.0. The molecule has 5 heteroatoms. The molecule has 2 amide bonds. The van der Waals surface area contributed by atoms with Gasteiger partial charge in [0.1, 0.15) is 0 Å². The van der Waals surface area contributed by atoms with Crippen LogP contribution in [0.5, 0.6) is 0 Å². The van der Waals surface area contributed by atoms with Crippen LogP contribution in [0.3, 0.4) is 0 Å². The van der Waals surface area contributed by atoms with E-state index in [4.69, 9.17) is 11.1 Å². The van der Waals surface area contributed by atoms with Crippen molar-refractivity contribution in [1.29, 1.82) is 5.41 Å². The third-order valence-corrected chi connectivity index (χ3v) is 2.33. The van der Waals surface area contributed by atoms with E-state index < -0.39 is 6.03 Å². The zero-order valence-electron chi connectivity index (χ0n) is 10.1. The smallest absolute Gasteiger partial charge is 0.325 e. The van der Waals surface area contributed by atoms with Crippen LogP contribution in [0.1, 0.15) is 24.5 Å². The van der Waals surface area contributed by atoms with Crippen LogP contribution in [0.25, 0.3) is 0 Å². The van der Waals surface area contributed by atoms with E-state index in [2.05, 4.69) is 17.6 Å². The zero-order chi connectivity index (χ0) is 12.8. The van der Waals surface area contributed by atoms with Crippen LogP contribution in [0, 0.1) is 12.3 Å². The van der Waals surface area contributed by atoms with Crippen molar-refractivity contribution in [2.24, 2.45) is 5.73 Å². The lowest BCUT2D eigenvalue weighted by Gasteiger charge is -2.10. The summed E-state index contributed by atoms with van der Waals surface area (Å²) in [7, 11) is 0. The highest BCUT2D eigenvalue weighted by Crippen LogP contribution is 2.17. The fourth-order valence-electron chi connectivity index (χ4n) is 1.59. The Balaban J connectivity index is 2.72. The summed E-state index contributed by atoms with van der Waals surface area (Å²) in [4.78, 5) is 11.3. The van der Waals surface area contributed by atoms with Crippen molar-refractivity contribution in [3.63, 3.8) is 0 Å². The predicted octanol–water partition coefficient (Wildman–Crippen LogP) is 1.96. The van der Waals surface area contributed by atoms with E-state index in [1.54, 1.807) is 0 Å². The minimum absolute atomic E-state index is 0.372. The van der Waals surface area contributed by atoms with Gasteiger partial charge in [-0.2, -0.15) is 0 Å². The van der Waals surface area contributed by atoms with E-state index in [-0.39, 0.29) is 5.96 Å². The average Bonchev–Trinajstić information content (AvgIpc) is 2.21. The topological polar surface area (TPSA) is 91.0 Å². The SMILES string of the molecule is CCCc1ccc(NC(=O)NC(=N)N)c(C)c1. The number of nitrogens with one attached hydrogen (secondary N) is 3. The van der Waals surface area contributed by atoms with Gasteiger partial charge >= 0.3 is 6.03 Å². The number of guanidine groups is 1. The van der Waals surface area contributed by atoms with Crippen LogP contribution < -0.4 is 16.4 Å². The van der Waals surface area contributed by atoms with E-state index in [0.29, 0.717) is 0 Å². The molecule has 5 N–H and O–H groups in total. The van der Waals surface area contributed by atoms with Gasteiger partial charge < -0.3 is 11.1 Å². The number of amides is 2. The van der Waals surface area contributed by atoms with Crippen molar-refractivity contribution >= 4 is 17.7 Å². The molecule has 0 aliphatic rings. The Labute approximate surface area is 101 Å². The summed E-state index contributed by atoms with van der Waals surface area (Å²) in [6, 6.07) is 5.40. The summed E-state index contributed by atoms with van der Waals surface area (Å²) in [5.74, 6) is -0.372. The predicted molar refractivity (Wildman–Crippen MR) is 69.2 cm³/mol. The molecule has 5 nitrogen and oxygen atoms in total. The van der Waals surface area contributed by atoms with Crippen LogP contribution in [-0.4, -0.2) is 12.0 Å². The molecular formula is C12H18N4O. The Morgan fingerprint density at radius 2 is 2.18 bits per heavy atom. The van der Waals surface area contributed by atoms with E-state index in [1.165, 1.54) is 5.56 Å². The lowest BCUT2D eigenvalue weighted by Crippen LogP contribution is -2.38. The Bertz CT molecular complexity index is 429. The highest BCUT2D eigenvalue weighted by atomic mass is 16.2. The molecule has 0 aliphatic carbocycles. The standard InChI is InChI=1S/C12H18N4O/c1-3-4-9-5-6-10(8(2)7-9)15-12(17)16-11(13)14/h5-7H,3-4H2,1-2H3,(H5,13,14,15,16,17). The molecule has 0 atom stereocenters. The maximum atomic E-state index is 11.3. The Kier molecular flexibility index (Phi) is 4.51. The number of anilines is 1. The van der Waals surface area contributed by atoms with Gasteiger partial charge in [0.2, 0.25) is 0 Å². The molecule has 0 bridgehead atoms. The number of hydrogen-bond acceptors (Lipinski definition) is 2. The largest absolute Gasteiger partial charge is 0.370 e. The molecule has 17 heavy (non-hydrogen) atoms. The van der Waals surface area contributed by atoms with Gasteiger partial charge in [-0.25, -0.2) is 4.79 Å². The molecule has 1 rings (SSSR count). The van der Waals surface area contributed by atoms with Gasteiger partial charge in [-0.3, -0.25) is 10.7 Å². The molecule has 0 saturated heterocycles. The number of rotatable bonds is 3. The monoisotopic (exact) mass is 234 g/mol. The Morgan fingerprint density at radius 1 is 1.47 bits per heavy atom. The third-order valence-electron chi connectivity index (χ3n) is 2.33. The van der Waals surface area contributed by atoms with Crippen molar-refractivity contribution in [2.45, 2.75) is 26.7 Å². The molecule has 0 aromatic heterocycles. The summed E-state index contributed by atoms with van der Waals surface area (Å²) in [5, 5.41) is 11.7. The van der Waals surface area contributed by atoms with Gasteiger partial charge in [0.15, 0.2) is 5.96 Å². The maximum absolute atomic E-state index is 11.3. The second-order valence-electron chi connectivity index (χ2n) is 3.89. The normalized spacial score (nSPS) is 9.76. The second-order valence-corrected chi connectivity index (χ2v) is 3.89. The van der Waals surface area contributed by atoms with E-state index in [0.717, 1.165) is 24.1 Å². The Hall–Kier alpha value is -2.04. The van der Waals surface area contributed by atoms with E-state index >= 15 is 0 Å². The summed E-state index contributed by atoms with van der Waals surface area (Å²) in [6.45, 7) is 4.06. The molecule has 0 saturated carbocycles.